The van der Waals surface area contributed by atoms with Gasteiger partial charge in [0, 0.05) is 20.1 Å². The number of fused-ring (bicyclic) bond motifs is 1. The number of aromatic amines is 1. The van der Waals surface area contributed by atoms with E-state index in [9.17, 15) is 0 Å². The van der Waals surface area contributed by atoms with E-state index in [1.54, 1.807) is 24.3 Å². The van der Waals surface area contributed by atoms with E-state index < -0.39 is 0 Å². The molecule has 0 saturated heterocycles. The summed E-state index contributed by atoms with van der Waals surface area (Å²) in [5.41, 5.74) is 2.40. The fraction of sp³-hybridized carbons (Fsp3) is 0. The summed E-state index contributed by atoms with van der Waals surface area (Å²) in [4.78, 5) is 7.71. The Morgan fingerprint density at radius 2 is 1.79 bits per heavy atom. The summed E-state index contributed by atoms with van der Waals surface area (Å²) in [5.74, 6) is 0.658. The normalized spacial score (nSPS) is 11.2. The average molecular weight is 376 g/mol. The summed E-state index contributed by atoms with van der Waals surface area (Å²) < 4.78 is 0.829. The van der Waals surface area contributed by atoms with Crippen LogP contribution in [0.5, 0.6) is 0 Å². The van der Waals surface area contributed by atoms with E-state index in [0.717, 1.165) is 21.1 Å². The Morgan fingerprint density at radius 1 is 1.00 bits per heavy atom. The third kappa shape index (κ3) is 2.48. The van der Waals surface area contributed by atoms with Gasteiger partial charge in [-0.25, -0.2) is 4.98 Å². The minimum absolute atomic E-state index is 0.589. The molecular weight excluding hydrogens is 370 g/mol. The third-order valence-corrected chi connectivity index (χ3v) is 4.08. The van der Waals surface area contributed by atoms with Gasteiger partial charge in [0.2, 0.25) is 0 Å². The number of hydrogen-bond acceptors (Lipinski definition) is 1. The number of halogens is 4. The molecule has 1 heterocycles. The highest BCUT2D eigenvalue weighted by molar-refractivity contribution is 9.10. The topological polar surface area (TPSA) is 28.7 Å². The molecule has 0 aliphatic heterocycles. The summed E-state index contributed by atoms with van der Waals surface area (Å²) in [6.45, 7) is 0. The van der Waals surface area contributed by atoms with Crippen LogP contribution in [0.2, 0.25) is 15.1 Å². The second-order valence-corrected chi connectivity index (χ2v) is 6.13. The zero-order chi connectivity index (χ0) is 13.6. The van der Waals surface area contributed by atoms with Gasteiger partial charge in [-0.2, -0.15) is 0 Å². The van der Waals surface area contributed by atoms with Crippen molar-refractivity contribution in [3.05, 3.63) is 49.9 Å². The first-order valence-corrected chi connectivity index (χ1v) is 7.27. The molecule has 1 aromatic heterocycles. The van der Waals surface area contributed by atoms with Gasteiger partial charge in [0.05, 0.1) is 10.5 Å². The second kappa shape index (κ2) is 4.98. The summed E-state index contributed by atoms with van der Waals surface area (Å²) in [5, 5.41) is 1.83. The Balaban J connectivity index is 2.26. The maximum absolute atomic E-state index is 6.17. The predicted molar refractivity (Wildman–Crippen MR) is 84.3 cm³/mol. The fourth-order valence-corrected chi connectivity index (χ4v) is 3.13. The molecule has 0 radical (unpaired) electrons. The van der Waals surface area contributed by atoms with E-state index in [1.165, 1.54) is 0 Å². The summed E-state index contributed by atoms with van der Waals surface area (Å²) in [6.07, 6.45) is 0. The molecule has 0 spiro atoms. The Bertz CT molecular complexity index is 783. The minimum atomic E-state index is 0.589. The molecule has 0 bridgehead atoms. The lowest BCUT2D eigenvalue weighted by atomic mass is 10.2. The van der Waals surface area contributed by atoms with Crippen molar-refractivity contribution in [2.24, 2.45) is 0 Å². The number of nitrogens with one attached hydrogen (secondary N) is 1. The maximum atomic E-state index is 6.17. The Labute approximate surface area is 132 Å². The minimum Gasteiger partial charge on any atom is -0.338 e. The Kier molecular flexibility index (Phi) is 3.48. The van der Waals surface area contributed by atoms with Gasteiger partial charge in [0.1, 0.15) is 11.3 Å². The van der Waals surface area contributed by atoms with Crippen LogP contribution in [0.25, 0.3) is 22.4 Å². The smallest absolute Gasteiger partial charge is 0.140 e. The van der Waals surface area contributed by atoms with Crippen LogP contribution in [-0.4, -0.2) is 9.97 Å². The molecule has 1 N–H and O–H groups in total. The first kappa shape index (κ1) is 13.3. The summed E-state index contributed by atoms with van der Waals surface area (Å²) in [7, 11) is 0. The van der Waals surface area contributed by atoms with Crippen LogP contribution < -0.4 is 0 Å². The second-order valence-electron chi connectivity index (χ2n) is 3.99. The molecule has 3 rings (SSSR count). The van der Waals surface area contributed by atoms with Gasteiger partial charge in [0.15, 0.2) is 0 Å². The highest BCUT2D eigenvalue weighted by Crippen LogP contribution is 2.33. The number of rotatable bonds is 1. The lowest BCUT2D eigenvalue weighted by molar-refractivity contribution is 1.33. The van der Waals surface area contributed by atoms with E-state index in [4.69, 9.17) is 34.8 Å². The van der Waals surface area contributed by atoms with E-state index in [0.29, 0.717) is 20.9 Å². The molecule has 6 heteroatoms. The van der Waals surface area contributed by atoms with Crippen LogP contribution in [0.15, 0.2) is 34.8 Å². The molecule has 96 valence electrons. The van der Waals surface area contributed by atoms with Gasteiger partial charge in [-0.05, 0) is 46.3 Å². The third-order valence-electron chi connectivity index (χ3n) is 2.69. The van der Waals surface area contributed by atoms with Crippen molar-refractivity contribution in [2.45, 2.75) is 0 Å². The Morgan fingerprint density at radius 3 is 2.58 bits per heavy atom. The van der Waals surface area contributed by atoms with Crippen LogP contribution in [0.3, 0.4) is 0 Å². The van der Waals surface area contributed by atoms with Crippen LogP contribution in [0.4, 0.5) is 0 Å². The summed E-state index contributed by atoms with van der Waals surface area (Å²) in [6, 6.07) is 8.87. The number of nitrogens with zero attached hydrogens (tertiary/aromatic N) is 1. The molecule has 0 atom stereocenters. The van der Waals surface area contributed by atoms with Crippen LogP contribution >= 0.6 is 50.7 Å². The zero-order valence-electron chi connectivity index (χ0n) is 9.35. The van der Waals surface area contributed by atoms with E-state index >= 15 is 0 Å². The maximum Gasteiger partial charge on any atom is 0.140 e. The molecule has 0 aliphatic carbocycles. The molecule has 0 unspecified atom stereocenters. The van der Waals surface area contributed by atoms with E-state index in [1.807, 2.05) is 6.07 Å². The SMILES string of the molecule is Clc1ccc(Cl)c(-c2nc3c(Br)cc(Cl)cc3[nH]2)c1. The molecule has 2 aromatic carbocycles. The van der Waals surface area contributed by atoms with Crippen molar-refractivity contribution >= 4 is 61.8 Å². The lowest BCUT2D eigenvalue weighted by Gasteiger charge is -2.00. The number of aromatic nitrogens is 2. The molecule has 2 nitrogen and oxygen atoms in total. The lowest BCUT2D eigenvalue weighted by Crippen LogP contribution is -1.82. The van der Waals surface area contributed by atoms with Gasteiger partial charge in [-0.15, -0.1) is 0 Å². The van der Waals surface area contributed by atoms with Crippen LogP contribution in [0, 0.1) is 0 Å². The molecule has 0 amide bonds. The van der Waals surface area contributed by atoms with Crippen LogP contribution in [-0.2, 0) is 0 Å². The van der Waals surface area contributed by atoms with Crippen molar-refractivity contribution in [1.82, 2.24) is 9.97 Å². The van der Waals surface area contributed by atoms with Crippen molar-refractivity contribution < 1.29 is 0 Å². The fourth-order valence-electron chi connectivity index (χ4n) is 1.85. The molecule has 0 fully saturated rings. The van der Waals surface area contributed by atoms with Crippen molar-refractivity contribution in [1.29, 1.82) is 0 Å². The van der Waals surface area contributed by atoms with E-state index in [-0.39, 0.29) is 0 Å². The van der Waals surface area contributed by atoms with Gasteiger partial charge in [-0.1, -0.05) is 34.8 Å². The highest BCUT2D eigenvalue weighted by atomic mass is 79.9. The van der Waals surface area contributed by atoms with Gasteiger partial charge in [-0.3, -0.25) is 0 Å². The molecule has 0 aliphatic rings. The largest absolute Gasteiger partial charge is 0.338 e. The first-order chi connectivity index (χ1) is 9.04. The van der Waals surface area contributed by atoms with Crippen molar-refractivity contribution in [3.63, 3.8) is 0 Å². The molecular formula is C13H6BrCl3N2. The number of benzene rings is 2. The average Bonchev–Trinajstić information content (AvgIpc) is 2.76. The van der Waals surface area contributed by atoms with Gasteiger partial charge < -0.3 is 4.98 Å². The standard InChI is InChI=1S/C13H6BrCl3N2/c14-9-4-7(16)5-11-12(9)19-13(18-11)8-3-6(15)1-2-10(8)17/h1-5H,(H,18,19). The molecule has 3 aromatic rings. The number of H-pyrrole nitrogens is 1. The summed E-state index contributed by atoms with van der Waals surface area (Å²) >= 11 is 21.6. The van der Waals surface area contributed by atoms with Crippen LogP contribution in [0.1, 0.15) is 0 Å². The van der Waals surface area contributed by atoms with Crippen molar-refractivity contribution in [2.75, 3.05) is 0 Å². The number of imidazole rings is 1. The quantitative estimate of drug-likeness (QED) is 0.558. The van der Waals surface area contributed by atoms with Gasteiger partial charge >= 0.3 is 0 Å². The molecule has 19 heavy (non-hydrogen) atoms. The van der Waals surface area contributed by atoms with Gasteiger partial charge in [0.25, 0.3) is 0 Å². The van der Waals surface area contributed by atoms with Crippen molar-refractivity contribution in [3.8, 4) is 11.4 Å². The predicted octanol–water partition coefficient (Wildman–Crippen LogP) is 5.95. The highest BCUT2D eigenvalue weighted by Gasteiger charge is 2.12. The monoisotopic (exact) mass is 374 g/mol. The zero-order valence-corrected chi connectivity index (χ0v) is 13.2. The Hall–Kier alpha value is -0.740. The van der Waals surface area contributed by atoms with E-state index in [2.05, 4.69) is 25.9 Å². The number of hydrogen-bond donors (Lipinski definition) is 1. The molecule has 0 saturated carbocycles. The first-order valence-electron chi connectivity index (χ1n) is 5.35.